The fourth-order valence-electron chi connectivity index (χ4n) is 3.99. The topological polar surface area (TPSA) is 98.8 Å². The Kier molecular flexibility index (Phi) is 7.28. The van der Waals surface area contributed by atoms with Gasteiger partial charge in [0, 0.05) is 23.3 Å². The van der Waals surface area contributed by atoms with Crippen molar-refractivity contribution in [1.29, 1.82) is 0 Å². The molecule has 0 bridgehead atoms. The van der Waals surface area contributed by atoms with E-state index in [-0.39, 0.29) is 0 Å². The molecule has 3 aromatic rings. The Balaban J connectivity index is 1.44. The van der Waals surface area contributed by atoms with E-state index in [1.54, 1.807) is 76.7 Å². The minimum absolute atomic E-state index is 0.298. The van der Waals surface area contributed by atoms with Crippen LogP contribution in [0.1, 0.15) is 33.1 Å². The van der Waals surface area contributed by atoms with Gasteiger partial charge in [-0.3, -0.25) is 14.6 Å². The fraction of sp³-hybridized carbons (Fsp3) is 0.370. The average molecular weight is 496 g/mol. The van der Waals surface area contributed by atoms with Gasteiger partial charge in [-0.1, -0.05) is 6.92 Å². The highest BCUT2D eigenvalue weighted by Gasteiger charge is 2.56. The maximum absolute atomic E-state index is 13.9. The molecular weight excluding hydrogens is 465 g/mol. The number of carbonyl (C=O) groups is 2. The van der Waals surface area contributed by atoms with Crippen molar-refractivity contribution in [2.75, 3.05) is 19.5 Å². The van der Waals surface area contributed by atoms with Crippen molar-refractivity contribution >= 4 is 28.4 Å². The number of hydrogen-bond donors (Lipinski definition) is 2. The Bertz CT molecular complexity index is 1260. The van der Waals surface area contributed by atoms with Crippen LogP contribution in [0.3, 0.4) is 0 Å². The number of anilines is 1. The molecule has 2 aromatic carbocycles. The number of amides is 2. The lowest BCUT2D eigenvalue weighted by molar-refractivity contribution is -0.135. The number of carbonyl (C=O) groups excluding carboxylic acids is 2. The number of alkyl halides is 1. The smallest absolute Gasteiger partial charge is 0.240 e. The first kappa shape index (κ1) is 25.2. The van der Waals surface area contributed by atoms with Gasteiger partial charge in [0.1, 0.15) is 23.1 Å². The van der Waals surface area contributed by atoms with Crippen LogP contribution < -0.4 is 24.8 Å². The van der Waals surface area contributed by atoms with Crippen molar-refractivity contribution in [2.45, 2.75) is 45.3 Å². The van der Waals surface area contributed by atoms with Gasteiger partial charge in [0.25, 0.3) is 0 Å². The van der Waals surface area contributed by atoms with Crippen LogP contribution in [0.15, 0.2) is 48.7 Å². The first-order chi connectivity index (χ1) is 17.3. The summed E-state index contributed by atoms with van der Waals surface area (Å²) in [4.78, 5) is 29.9. The van der Waals surface area contributed by atoms with Crippen molar-refractivity contribution in [3.05, 3.63) is 48.7 Å². The average Bonchev–Trinajstić information content (AvgIpc) is 3.71. The molecule has 1 aromatic heterocycles. The van der Waals surface area contributed by atoms with Gasteiger partial charge in [-0.05, 0) is 62.6 Å². The number of nitrogens with zero attached hydrogens (tertiary/aromatic N) is 1. The second-order valence-corrected chi connectivity index (χ2v) is 8.88. The number of pyridine rings is 1. The zero-order valence-corrected chi connectivity index (χ0v) is 20.8. The molecule has 1 fully saturated rings. The van der Waals surface area contributed by atoms with Crippen LogP contribution in [0.2, 0.25) is 0 Å². The quantitative estimate of drug-likeness (QED) is 0.384. The van der Waals surface area contributed by atoms with Gasteiger partial charge in [-0.15, -0.1) is 0 Å². The van der Waals surface area contributed by atoms with Crippen molar-refractivity contribution in [3.8, 4) is 23.0 Å². The molecule has 190 valence electrons. The maximum Gasteiger partial charge on any atom is 0.240 e. The molecule has 1 aliphatic rings. The summed E-state index contributed by atoms with van der Waals surface area (Å²) < 4.78 is 30.7. The molecule has 1 aliphatic carbocycles. The lowest BCUT2D eigenvalue weighted by Gasteiger charge is -2.21. The minimum Gasteiger partial charge on any atom is -0.493 e. The first-order valence-corrected chi connectivity index (χ1v) is 11.9. The Morgan fingerprint density at radius 1 is 1.03 bits per heavy atom. The number of benzene rings is 2. The fourth-order valence-corrected chi connectivity index (χ4v) is 3.99. The van der Waals surface area contributed by atoms with Crippen LogP contribution in [0.4, 0.5) is 10.1 Å². The van der Waals surface area contributed by atoms with E-state index in [1.165, 1.54) is 0 Å². The predicted octanol–water partition coefficient (Wildman–Crippen LogP) is 5.02. The van der Waals surface area contributed by atoms with Crippen LogP contribution in [0.25, 0.3) is 10.9 Å². The number of ether oxygens (including phenoxy) is 3. The molecular formula is C27H30FN3O5. The van der Waals surface area contributed by atoms with E-state index in [4.69, 9.17) is 14.2 Å². The van der Waals surface area contributed by atoms with Gasteiger partial charge < -0.3 is 24.8 Å². The van der Waals surface area contributed by atoms with Crippen LogP contribution in [0, 0.1) is 5.41 Å². The molecule has 0 saturated heterocycles. The molecule has 4 rings (SSSR count). The molecule has 9 heteroatoms. The lowest BCUT2D eigenvalue weighted by Crippen LogP contribution is -2.46. The Morgan fingerprint density at radius 2 is 1.69 bits per heavy atom. The van der Waals surface area contributed by atoms with Crippen LogP contribution in [-0.4, -0.2) is 43.2 Å². The number of hydrogen-bond acceptors (Lipinski definition) is 6. The number of rotatable bonds is 10. The largest absolute Gasteiger partial charge is 0.493 e. The zero-order valence-electron chi connectivity index (χ0n) is 20.8. The molecule has 2 N–H and O–H groups in total. The Labute approximate surface area is 209 Å². The standard InChI is InChI=1S/C27H30FN3O5/c1-5-20(28)16(2)30-25(32)27(11-12-27)26(33)31-17-6-8-18(9-7-17)36-22-10-13-29-21-15-24(35-4)23(34-3)14-19(21)22/h6-10,13-16,20H,5,11-12H2,1-4H3,(H,30,32)(H,31,33)/t16?,20-/m1/s1. The van der Waals surface area contributed by atoms with Gasteiger partial charge in [0.05, 0.1) is 25.8 Å². The van der Waals surface area contributed by atoms with E-state index in [2.05, 4.69) is 15.6 Å². The second kappa shape index (κ2) is 10.4. The second-order valence-electron chi connectivity index (χ2n) is 8.88. The monoisotopic (exact) mass is 495 g/mol. The van der Waals surface area contributed by atoms with E-state index >= 15 is 0 Å². The number of aromatic nitrogens is 1. The first-order valence-electron chi connectivity index (χ1n) is 11.9. The van der Waals surface area contributed by atoms with E-state index in [9.17, 15) is 14.0 Å². The van der Waals surface area contributed by atoms with Crippen LogP contribution in [-0.2, 0) is 9.59 Å². The summed E-state index contributed by atoms with van der Waals surface area (Å²) >= 11 is 0. The Hall–Kier alpha value is -3.88. The van der Waals surface area contributed by atoms with Crippen LogP contribution >= 0.6 is 0 Å². The molecule has 2 amide bonds. The number of halogens is 1. The number of fused-ring (bicyclic) bond motifs is 1. The summed E-state index contributed by atoms with van der Waals surface area (Å²) in [5, 5.41) is 6.20. The van der Waals surface area contributed by atoms with E-state index in [1.807, 2.05) is 0 Å². The number of methoxy groups -OCH3 is 2. The highest BCUT2D eigenvalue weighted by Crippen LogP contribution is 2.47. The van der Waals surface area contributed by atoms with E-state index in [0.717, 1.165) is 5.39 Å². The summed E-state index contributed by atoms with van der Waals surface area (Å²) in [6.45, 7) is 3.32. The summed E-state index contributed by atoms with van der Waals surface area (Å²) in [6, 6.07) is 11.5. The summed E-state index contributed by atoms with van der Waals surface area (Å²) in [7, 11) is 3.13. The van der Waals surface area contributed by atoms with Gasteiger partial charge in [-0.25, -0.2) is 4.39 Å². The minimum atomic E-state index is -1.15. The van der Waals surface area contributed by atoms with Crippen LogP contribution in [0.5, 0.6) is 23.0 Å². The third-order valence-corrected chi connectivity index (χ3v) is 6.46. The van der Waals surface area contributed by atoms with Crippen molar-refractivity contribution in [2.24, 2.45) is 5.41 Å². The Morgan fingerprint density at radius 3 is 2.31 bits per heavy atom. The zero-order chi connectivity index (χ0) is 25.9. The van der Waals surface area contributed by atoms with Crippen molar-refractivity contribution in [1.82, 2.24) is 10.3 Å². The van der Waals surface area contributed by atoms with Gasteiger partial charge in [0.2, 0.25) is 11.8 Å². The van der Waals surface area contributed by atoms with Gasteiger partial charge >= 0.3 is 0 Å². The summed E-state index contributed by atoms with van der Waals surface area (Å²) in [5.41, 5.74) is 0.0734. The molecule has 1 heterocycles. The molecule has 2 atom stereocenters. The molecule has 0 aliphatic heterocycles. The third-order valence-electron chi connectivity index (χ3n) is 6.46. The molecule has 0 radical (unpaired) electrons. The SMILES string of the molecule is CC[C@@H](F)C(C)NC(=O)C1(C(=O)Nc2ccc(Oc3ccnc4cc(OC)c(OC)cc34)cc2)CC1. The molecule has 1 unspecified atom stereocenters. The molecule has 1 saturated carbocycles. The third kappa shape index (κ3) is 5.05. The van der Waals surface area contributed by atoms with E-state index < -0.39 is 29.4 Å². The maximum atomic E-state index is 13.9. The van der Waals surface area contributed by atoms with Crippen molar-refractivity contribution in [3.63, 3.8) is 0 Å². The van der Waals surface area contributed by atoms with Gasteiger partial charge in [-0.2, -0.15) is 0 Å². The highest BCUT2D eigenvalue weighted by molar-refractivity contribution is 6.13. The predicted molar refractivity (Wildman–Crippen MR) is 134 cm³/mol. The van der Waals surface area contributed by atoms with E-state index in [0.29, 0.717) is 53.5 Å². The summed E-state index contributed by atoms with van der Waals surface area (Å²) in [5.74, 6) is 1.44. The normalized spacial score (nSPS) is 15.5. The highest BCUT2D eigenvalue weighted by atomic mass is 19.1. The summed E-state index contributed by atoms with van der Waals surface area (Å²) in [6.07, 6.45) is 1.66. The molecule has 0 spiro atoms. The molecule has 36 heavy (non-hydrogen) atoms. The molecule has 8 nitrogen and oxygen atoms in total. The number of nitrogens with one attached hydrogen (secondary N) is 2. The van der Waals surface area contributed by atoms with Crippen molar-refractivity contribution < 1.29 is 28.2 Å². The van der Waals surface area contributed by atoms with Gasteiger partial charge in [0.15, 0.2) is 11.5 Å². The lowest BCUT2D eigenvalue weighted by atomic mass is 10.0.